The van der Waals surface area contributed by atoms with Crippen molar-refractivity contribution < 1.29 is 17.9 Å². The van der Waals surface area contributed by atoms with E-state index in [4.69, 9.17) is 4.42 Å². The summed E-state index contributed by atoms with van der Waals surface area (Å²) >= 11 is 1.08. The van der Waals surface area contributed by atoms with Crippen LogP contribution in [0.4, 0.5) is 0 Å². The van der Waals surface area contributed by atoms with Gasteiger partial charge in [-0.15, -0.1) is 11.3 Å². The molecule has 4 aromatic rings. The molecule has 0 aliphatic carbocycles. The summed E-state index contributed by atoms with van der Waals surface area (Å²) in [6.07, 6.45) is 6.42. The average Bonchev–Trinajstić information content (AvgIpc) is 3.55. The topological polar surface area (TPSA) is 109 Å². The first-order chi connectivity index (χ1) is 15.0. The molecule has 4 heterocycles. The number of phenols is 1. The molecule has 0 amide bonds. The summed E-state index contributed by atoms with van der Waals surface area (Å²) < 4.78 is 33.6. The van der Waals surface area contributed by atoms with Crippen molar-refractivity contribution in [2.24, 2.45) is 5.10 Å². The van der Waals surface area contributed by atoms with Crippen LogP contribution in [0.1, 0.15) is 23.6 Å². The van der Waals surface area contributed by atoms with Gasteiger partial charge in [0.1, 0.15) is 9.96 Å². The van der Waals surface area contributed by atoms with Crippen LogP contribution in [0.3, 0.4) is 0 Å². The van der Waals surface area contributed by atoms with Gasteiger partial charge in [-0.05, 0) is 24.3 Å². The lowest BCUT2D eigenvalue weighted by Gasteiger charge is -2.23. The van der Waals surface area contributed by atoms with Gasteiger partial charge in [0.25, 0.3) is 10.0 Å². The molecule has 0 radical (unpaired) electrons. The molecule has 1 unspecified atom stereocenters. The third-order valence-corrected chi connectivity index (χ3v) is 8.17. The number of aromatic nitrogens is 2. The number of rotatable bonds is 5. The van der Waals surface area contributed by atoms with Crippen molar-refractivity contribution in [1.82, 2.24) is 14.4 Å². The van der Waals surface area contributed by atoms with Gasteiger partial charge in [-0.3, -0.25) is 4.98 Å². The van der Waals surface area contributed by atoms with E-state index in [0.717, 1.165) is 21.3 Å². The van der Waals surface area contributed by atoms with Gasteiger partial charge in [0, 0.05) is 29.9 Å². The fourth-order valence-corrected chi connectivity index (χ4v) is 6.20. The molecule has 1 atom stereocenters. The minimum absolute atomic E-state index is 0.0175. The molecule has 156 valence electrons. The minimum atomic E-state index is -3.99. The van der Waals surface area contributed by atoms with Crippen LogP contribution in [-0.2, 0) is 10.0 Å². The smallest absolute Gasteiger partial charge is 0.289 e. The first-order valence-corrected chi connectivity index (χ1v) is 11.6. The maximum Gasteiger partial charge on any atom is 0.289 e. The van der Waals surface area contributed by atoms with Crippen molar-refractivity contribution in [1.29, 1.82) is 0 Å². The van der Waals surface area contributed by atoms with Crippen LogP contribution in [0.15, 0.2) is 87.2 Å². The van der Waals surface area contributed by atoms with Gasteiger partial charge in [0.05, 0.1) is 22.8 Å². The Morgan fingerprint density at radius 3 is 2.68 bits per heavy atom. The summed E-state index contributed by atoms with van der Waals surface area (Å²) in [6.45, 7) is 0. The number of hydrogen-bond acceptors (Lipinski definition) is 8. The number of aromatic hydroxyl groups is 1. The van der Waals surface area contributed by atoms with Gasteiger partial charge >= 0.3 is 0 Å². The van der Waals surface area contributed by atoms with Crippen LogP contribution < -0.4 is 0 Å². The molecule has 1 aromatic carbocycles. The van der Waals surface area contributed by atoms with Crippen LogP contribution in [0, 0.1) is 0 Å². The van der Waals surface area contributed by atoms with E-state index < -0.39 is 16.1 Å². The molecular formula is C21H16N4O4S2. The fraction of sp³-hybridized carbons (Fsp3) is 0.0952. The SMILES string of the molecule is O=S(=O)(c1ccc(-c2cnco2)s1)N1N=C(c2cccnc2)CC1c1ccccc1O. The van der Waals surface area contributed by atoms with E-state index in [9.17, 15) is 13.5 Å². The fourth-order valence-electron chi connectivity index (χ4n) is 3.44. The van der Waals surface area contributed by atoms with Crippen molar-refractivity contribution in [3.8, 4) is 16.4 Å². The highest BCUT2D eigenvalue weighted by molar-refractivity contribution is 7.91. The van der Waals surface area contributed by atoms with Gasteiger partial charge in [0.2, 0.25) is 0 Å². The second-order valence-corrected chi connectivity index (χ2v) is 9.94. The first-order valence-electron chi connectivity index (χ1n) is 9.33. The monoisotopic (exact) mass is 452 g/mol. The molecule has 5 rings (SSSR count). The Morgan fingerprint density at radius 2 is 1.94 bits per heavy atom. The molecule has 0 saturated heterocycles. The van der Waals surface area contributed by atoms with Crippen LogP contribution in [-0.4, -0.2) is 33.6 Å². The van der Waals surface area contributed by atoms with E-state index >= 15 is 0 Å². The maximum absolute atomic E-state index is 13.6. The summed E-state index contributed by atoms with van der Waals surface area (Å²) in [4.78, 5) is 8.63. The second-order valence-electron chi connectivity index (χ2n) is 6.83. The number of thiophene rings is 1. The van der Waals surface area contributed by atoms with Crippen LogP contribution >= 0.6 is 11.3 Å². The molecular weight excluding hydrogens is 436 g/mol. The molecule has 1 aliphatic heterocycles. The lowest BCUT2D eigenvalue weighted by atomic mass is 9.99. The average molecular weight is 453 g/mol. The maximum atomic E-state index is 13.6. The Hall–Kier alpha value is -3.50. The highest BCUT2D eigenvalue weighted by atomic mass is 32.2. The van der Waals surface area contributed by atoms with E-state index in [-0.39, 0.29) is 9.96 Å². The number of benzene rings is 1. The lowest BCUT2D eigenvalue weighted by Crippen LogP contribution is -2.26. The number of phenolic OH excluding ortho intramolecular Hbond substituents is 1. The Balaban J connectivity index is 1.59. The normalized spacial score (nSPS) is 16.5. The highest BCUT2D eigenvalue weighted by Gasteiger charge is 2.39. The highest BCUT2D eigenvalue weighted by Crippen LogP contribution is 2.42. The predicted octanol–water partition coefficient (Wildman–Crippen LogP) is 4.04. The zero-order valence-electron chi connectivity index (χ0n) is 16.0. The molecule has 0 fully saturated rings. The van der Waals surface area contributed by atoms with E-state index in [0.29, 0.717) is 28.3 Å². The number of hydrogen-bond donors (Lipinski definition) is 1. The van der Waals surface area contributed by atoms with Crippen molar-refractivity contribution in [3.63, 3.8) is 0 Å². The number of sulfonamides is 1. The summed E-state index contributed by atoms with van der Waals surface area (Å²) in [6, 6.07) is 12.8. The Bertz CT molecular complexity index is 1350. The van der Waals surface area contributed by atoms with E-state index in [1.54, 1.807) is 42.7 Å². The Labute approximate surface area is 182 Å². The Kier molecular flexibility index (Phi) is 4.79. The minimum Gasteiger partial charge on any atom is -0.508 e. The van der Waals surface area contributed by atoms with E-state index in [1.807, 2.05) is 6.07 Å². The summed E-state index contributed by atoms with van der Waals surface area (Å²) in [5, 5.41) is 14.9. The summed E-state index contributed by atoms with van der Waals surface area (Å²) in [5.74, 6) is 0.508. The van der Waals surface area contributed by atoms with Crippen LogP contribution in [0.25, 0.3) is 10.6 Å². The van der Waals surface area contributed by atoms with Crippen LogP contribution in [0.5, 0.6) is 5.75 Å². The van der Waals surface area contributed by atoms with Gasteiger partial charge in [-0.1, -0.05) is 24.3 Å². The largest absolute Gasteiger partial charge is 0.508 e. The molecule has 1 N–H and O–H groups in total. The number of nitrogens with zero attached hydrogens (tertiary/aromatic N) is 4. The first kappa shape index (κ1) is 19.5. The molecule has 3 aromatic heterocycles. The number of pyridine rings is 1. The van der Waals surface area contributed by atoms with Crippen molar-refractivity contribution in [3.05, 3.63) is 84.6 Å². The van der Waals surface area contributed by atoms with Gasteiger partial charge < -0.3 is 9.52 Å². The lowest BCUT2D eigenvalue weighted by molar-refractivity contribution is 0.359. The molecule has 31 heavy (non-hydrogen) atoms. The van der Waals surface area contributed by atoms with Crippen molar-refractivity contribution in [2.75, 3.05) is 0 Å². The number of hydrazone groups is 1. The second kappa shape index (κ2) is 7.64. The van der Waals surface area contributed by atoms with Gasteiger partial charge in [-0.25, -0.2) is 4.98 Å². The van der Waals surface area contributed by atoms with Gasteiger partial charge in [0.15, 0.2) is 12.2 Å². The standard InChI is InChI=1S/C21H16N4O4S2/c26-18-6-2-1-5-15(18)17-10-16(14-4-3-9-22-11-14)24-25(17)31(27,28)21-8-7-20(30-21)19-12-23-13-29-19/h1-9,11-13,17,26H,10H2. The molecule has 8 nitrogen and oxygen atoms in total. The zero-order chi connectivity index (χ0) is 21.4. The third-order valence-electron chi connectivity index (χ3n) is 4.92. The van der Waals surface area contributed by atoms with Crippen molar-refractivity contribution in [2.45, 2.75) is 16.7 Å². The van der Waals surface area contributed by atoms with Crippen LogP contribution in [0.2, 0.25) is 0 Å². The van der Waals surface area contributed by atoms with E-state index in [2.05, 4.69) is 15.1 Å². The molecule has 10 heteroatoms. The predicted molar refractivity (Wildman–Crippen MR) is 115 cm³/mol. The van der Waals surface area contributed by atoms with Gasteiger partial charge in [-0.2, -0.15) is 17.9 Å². The molecule has 0 bridgehead atoms. The number of oxazole rings is 1. The summed E-state index contributed by atoms with van der Waals surface area (Å²) in [5.41, 5.74) is 1.80. The molecule has 1 aliphatic rings. The molecule has 0 spiro atoms. The Morgan fingerprint density at radius 1 is 1.06 bits per heavy atom. The molecule has 0 saturated carbocycles. The quantitative estimate of drug-likeness (QED) is 0.489. The third kappa shape index (κ3) is 3.49. The summed E-state index contributed by atoms with van der Waals surface area (Å²) in [7, 11) is -3.99. The van der Waals surface area contributed by atoms with Crippen molar-refractivity contribution >= 4 is 27.1 Å². The van der Waals surface area contributed by atoms with E-state index in [1.165, 1.54) is 24.7 Å². The number of para-hydroxylation sites is 1. The zero-order valence-corrected chi connectivity index (χ0v) is 17.6.